The van der Waals surface area contributed by atoms with Gasteiger partial charge < -0.3 is 10.3 Å². The Kier molecular flexibility index (Phi) is 5.45. The molecular formula is C18H22N2O. The van der Waals surface area contributed by atoms with Crippen LogP contribution in [-0.4, -0.2) is 16.9 Å². The Bertz CT molecular complexity index is 636. The molecule has 0 fully saturated rings. The standard InChI is InChI=1S/C18H22N2O/c1-3-8-15(4-2)20-18(21)12-7-9-14-13-19-17-11-6-5-10-16(14)17/h1,5-6,10-11,13,15,19H,4,7-9,12H2,2H3,(H,20,21). The highest BCUT2D eigenvalue weighted by Gasteiger charge is 2.09. The van der Waals surface area contributed by atoms with Crippen molar-refractivity contribution in [3.63, 3.8) is 0 Å². The second kappa shape index (κ2) is 7.54. The summed E-state index contributed by atoms with van der Waals surface area (Å²) in [6, 6.07) is 8.35. The SMILES string of the molecule is C#CCC(CC)NC(=O)CCCc1c[nH]c2ccccc12. The van der Waals surface area contributed by atoms with E-state index in [0.717, 1.165) is 24.8 Å². The lowest BCUT2D eigenvalue weighted by atomic mass is 10.1. The lowest BCUT2D eigenvalue weighted by molar-refractivity contribution is -0.121. The Balaban J connectivity index is 1.81. The maximum absolute atomic E-state index is 11.9. The van der Waals surface area contributed by atoms with Crippen LogP contribution >= 0.6 is 0 Å². The number of carbonyl (C=O) groups is 1. The number of fused-ring (bicyclic) bond motifs is 1. The fraction of sp³-hybridized carbons (Fsp3) is 0.389. The number of benzene rings is 1. The van der Waals surface area contributed by atoms with E-state index in [0.29, 0.717) is 12.8 Å². The third kappa shape index (κ3) is 4.13. The molecule has 0 saturated heterocycles. The van der Waals surface area contributed by atoms with Gasteiger partial charge in [-0.05, 0) is 30.9 Å². The number of rotatable bonds is 7. The van der Waals surface area contributed by atoms with E-state index in [4.69, 9.17) is 6.42 Å². The summed E-state index contributed by atoms with van der Waals surface area (Å²) >= 11 is 0. The van der Waals surface area contributed by atoms with E-state index < -0.39 is 0 Å². The van der Waals surface area contributed by atoms with Gasteiger partial charge in [0.05, 0.1) is 0 Å². The summed E-state index contributed by atoms with van der Waals surface area (Å²) in [5.41, 5.74) is 2.42. The van der Waals surface area contributed by atoms with E-state index in [9.17, 15) is 4.79 Å². The first kappa shape index (κ1) is 15.2. The topological polar surface area (TPSA) is 44.9 Å². The molecule has 3 nitrogen and oxygen atoms in total. The predicted molar refractivity (Wildman–Crippen MR) is 86.9 cm³/mol. The number of carbonyl (C=O) groups excluding carboxylic acids is 1. The van der Waals surface area contributed by atoms with Gasteiger partial charge in [0, 0.05) is 36.0 Å². The number of nitrogens with one attached hydrogen (secondary N) is 2. The molecule has 0 bridgehead atoms. The molecule has 0 saturated carbocycles. The van der Waals surface area contributed by atoms with Crippen LogP contribution in [0, 0.1) is 12.3 Å². The average Bonchev–Trinajstić information content (AvgIpc) is 2.90. The summed E-state index contributed by atoms with van der Waals surface area (Å²) in [6.07, 6.45) is 11.1. The molecule has 0 aliphatic heterocycles. The fourth-order valence-electron chi connectivity index (χ4n) is 2.52. The summed E-state index contributed by atoms with van der Waals surface area (Å²) in [4.78, 5) is 15.2. The van der Waals surface area contributed by atoms with Gasteiger partial charge in [-0.25, -0.2) is 0 Å². The Hall–Kier alpha value is -2.21. The molecule has 2 aromatic rings. The van der Waals surface area contributed by atoms with Crippen LogP contribution in [0.4, 0.5) is 0 Å². The third-order valence-corrected chi connectivity index (χ3v) is 3.75. The smallest absolute Gasteiger partial charge is 0.220 e. The number of hydrogen-bond donors (Lipinski definition) is 2. The maximum Gasteiger partial charge on any atom is 0.220 e. The number of aromatic nitrogens is 1. The van der Waals surface area contributed by atoms with Gasteiger partial charge >= 0.3 is 0 Å². The first-order chi connectivity index (χ1) is 10.2. The van der Waals surface area contributed by atoms with Crippen molar-refractivity contribution in [2.45, 2.75) is 45.1 Å². The van der Waals surface area contributed by atoms with Gasteiger partial charge in [0.25, 0.3) is 0 Å². The molecule has 0 aliphatic carbocycles. The van der Waals surface area contributed by atoms with Crippen molar-refractivity contribution in [2.24, 2.45) is 0 Å². The molecule has 0 aliphatic rings. The summed E-state index contributed by atoms with van der Waals surface area (Å²) in [5, 5.41) is 4.24. The number of terminal acetylenes is 1. The summed E-state index contributed by atoms with van der Waals surface area (Å²) in [6.45, 7) is 2.04. The summed E-state index contributed by atoms with van der Waals surface area (Å²) < 4.78 is 0. The zero-order valence-electron chi connectivity index (χ0n) is 12.5. The van der Waals surface area contributed by atoms with E-state index in [1.807, 2.05) is 25.3 Å². The number of para-hydroxylation sites is 1. The van der Waals surface area contributed by atoms with Gasteiger partial charge in [-0.1, -0.05) is 25.1 Å². The number of amides is 1. The van der Waals surface area contributed by atoms with Crippen molar-refractivity contribution in [3.8, 4) is 12.3 Å². The summed E-state index contributed by atoms with van der Waals surface area (Å²) in [7, 11) is 0. The second-order valence-corrected chi connectivity index (χ2v) is 5.29. The maximum atomic E-state index is 11.9. The molecule has 21 heavy (non-hydrogen) atoms. The zero-order valence-corrected chi connectivity index (χ0v) is 12.5. The number of H-pyrrole nitrogens is 1. The normalized spacial score (nSPS) is 12.0. The molecule has 110 valence electrons. The van der Waals surface area contributed by atoms with Crippen LogP contribution in [0.2, 0.25) is 0 Å². The quantitative estimate of drug-likeness (QED) is 0.751. The first-order valence-corrected chi connectivity index (χ1v) is 7.52. The van der Waals surface area contributed by atoms with Gasteiger partial charge in [-0.15, -0.1) is 12.3 Å². The minimum absolute atomic E-state index is 0.0944. The molecule has 2 rings (SSSR count). The van der Waals surface area contributed by atoms with Crippen LogP contribution in [0.5, 0.6) is 0 Å². The highest BCUT2D eigenvalue weighted by Crippen LogP contribution is 2.19. The molecule has 1 aromatic heterocycles. The number of aryl methyl sites for hydroxylation is 1. The van der Waals surface area contributed by atoms with E-state index in [-0.39, 0.29) is 11.9 Å². The Morgan fingerprint density at radius 3 is 3.00 bits per heavy atom. The Labute approximate surface area is 126 Å². The average molecular weight is 282 g/mol. The highest BCUT2D eigenvalue weighted by molar-refractivity contribution is 5.83. The lowest BCUT2D eigenvalue weighted by Gasteiger charge is -2.13. The molecule has 1 atom stereocenters. The minimum atomic E-state index is 0.0944. The Morgan fingerprint density at radius 1 is 1.43 bits per heavy atom. The first-order valence-electron chi connectivity index (χ1n) is 7.52. The highest BCUT2D eigenvalue weighted by atomic mass is 16.1. The van der Waals surface area contributed by atoms with E-state index >= 15 is 0 Å². The van der Waals surface area contributed by atoms with Crippen LogP contribution in [0.15, 0.2) is 30.5 Å². The zero-order chi connectivity index (χ0) is 15.1. The van der Waals surface area contributed by atoms with Gasteiger partial charge in [-0.2, -0.15) is 0 Å². The Morgan fingerprint density at radius 2 is 2.24 bits per heavy atom. The fourth-order valence-corrected chi connectivity index (χ4v) is 2.52. The van der Waals surface area contributed by atoms with Gasteiger partial charge in [0.1, 0.15) is 0 Å². The molecular weight excluding hydrogens is 260 g/mol. The van der Waals surface area contributed by atoms with Crippen molar-refractivity contribution >= 4 is 16.8 Å². The number of aromatic amines is 1. The minimum Gasteiger partial charge on any atom is -0.361 e. The van der Waals surface area contributed by atoms with Gasteiger partial charge in [0.2, 0.25) is 5.91 Å². The van der Waals surface area contributed by atoms with Crippen molar-refractivity contribution in [2.75, 3.05) is 0 Å². The lowest BCUT2D eigenvalue weighted by Crippen LogP contribution is -2.33. The summed E-state index contributed by atoms with van der Waals surface area (Å²) in [5.74, 6) is 2.70. The molecule has 1 amide bonds. The van der Waals surface area contributed by atoms with Crippen LogP contribution in [0.25, 0.3) is 10.9 Å². The molecule has 1 unspecified atom stereocenters. The number of hydrogen-bond acceptors (Lipinski definition) is 1. The van der Waals surface area contributed by atoms with E-state index in [1.165, 1.54) is 10.9 Å². The van der Waals surface area contributed by atoms with Crippen molar-refractivity contribution in [1.29, 1.82) is 0 Å². The molecule has 0 spiro atoms. The predicted octanol–water partition coefficient (Wildman–Crippen LogP) is 3.41. The van der Waals surface area contributed by atoms with Crippen molar-refractivity contribution in [3.05, 3.63) is 36.0 Å². The van der Waals surface area contributed by atoms with Crippen LogP contribution in [0.3, 0.4) is 0 Å². The van der Waals surface area contributed by atoms with E-state index in [2.05, 4.69) is 28.4 Å². The molecule has 1 aromatic carbocycles. The van der Waals surface area contributed by atoms with Crippen molar-refractivity contribution < 1.29 is 4.79 Å². The van der Waals surface area contributed by atoms with Crippen LogP contribution in [0.1, 0.15) is 38.2 Å². The van der Waals surface area contributed by atoms with Crippen molar-refractivity contribution in [1.82, 2.24) is 10.3 Å². The molecule has 1 heterocycles. The van der Waals surface area contributed by atoms with Crippen LogP contribution in [-0.2, 0) is 11.2 Å². The molecule has 3 heteroatoms. The van der Waals surface area contributed by atoms with Gasteiger partial charge in [0.15, 0.2) is 0 Å². The van der Waals surface area contributed by atoms with E-state index in [1.54, 1.807) is 0 Å². The van der Waals surface area contributed by atoms with Crippen LogP contribution < -0.4 is 5.32 Å². The monoisotopic (exact) mass is 282 g/mol. The molecule has 2 N–H and O–H groups in total. The van der Waals surface area contributed by atoms with Gasteiger partial charge in [-0.3, -0.25) is 4.79 Å². The molecule has 0 radical (unpaired) electrons. The largest absolute Gasteiger partial charge is 0.361 e. The second-order valence-electron chi connectivity index (χ2n) is 5.29. The third-order valence-electron chi connectivity index (χ3n) is 3.75.